The van der Waals surface area contributed by atoms with Crippen molar-refractivity contribution in [2.75, 3.05) is 37.6 Å². The highest BCUT2D eigenvalue weighted by Gasteiger charge is 2.22. The van der Waals surface area contributed by atoms with Gasteiger partial charge in [0.15, 0.2) is 0 Å². The molecule has 1 saturated heterocycles. The first-order valence-corrected chi connectivity index (χ1v) is 11.7. The van der Waals surface area contributed by atoms with Crippen LogP contribution in [0.15, 0.2) is 36.4 Å². The zero-order valence-electron chi connectivity index (χ0n) is 17.6. The van der Waals surface area contributed by atoms with E-state index in [0.717, 1.165) is 45.6 Å². The molecule has 1 aliphatic heterocycles. The van der Waals surface area contributed by atoms with E-state index in [0.29, 0.717) is 17.2 Å². The van der Waals surface area contributed by atoms with Crippen molar-refractivity contribution in [1.82, 2.24) is 10.9 Å². The predicted molar refractivity (Wildman–Crippen MR) is 120 cm³/mol. The SMILES string of the molecule is C[C@H]1CCc2sc(C(=O)NNC(=O)CC[NH+]3CCN(c4ccccc4)CC3)cc2C1. The fourth-order valence-electron chi connectivity index (χ4n) is 4.33. The van der Waals surface area contributed by atoms with Crippen LogP contribution in [-0.2, 0) is 17.6 Å². The number of thiophene rings is 1. The molecule has 0 bridgehead atoms. The number of carbonyl (C=O) groups excluding carboxylic acids is 2. The van der Waals surface area contributed by atoms with Crippen LogP contribution >= 0.6 is 11.3 Å². The number of nitrogens with one attached hydrogen (secondary N) is 3. The van der Waals surface area contributed by atoms with E-state index >= 15 is 0 Å². The molecule has 6 nitrogen and oxygen atoms in total. The highest BCUT2D eigenvalue weighted by Crippen LogP contribution is 2.32. The van der Waals surface area contributed by atoms with Crippen molar-refractivity contribution >= 4 is 28.8 Å². The maximum absolute atomic E-state index is 12.4. The van der Waals surface area contributed by atoms with Crippen molar-refractivity contribution in [3.8, 4) is 0 Å². The van der Waals surface area contributed by atoms with Crippen LogP contribution in [0.2, 0.25) is 0 Å². The number of piperazine rings is 1. The number of fused-ring (bicyclic) bond motifs is 1. The Morgan fingerprint density at radius 2 is 1.93 bits per heavy atom. The standard InChI is InChI=1S/C23H30N4O2S/c1-17-7-8-20-18(15-17)16-21(30-20)23(29)25-24-22(28)9-10-26-11-13-27(14-12-26)19-5-3-2-4-6-19/h2-6,16-17H,7-15H2,1H3,(H,24,28)(H,25,29)/p+1/t17-/m0/s1. The van der Waals surface area contributed by atoms with Crippen LogP contribution in [-0.4, -0.2) is 44.5 Å². The first-order valence-electron chi connectivity index (χ1n) is 10.9. The monoisotopic (exact) mass is 427 g/mol. The third kappa shape index (κ3) is 5.21. The molecule has 0 spiro atoms. The lowest BCUT2D eigenvalue weighted by molar-refractivity contribution is -0.900. The van der Waals surface area contributed by atoms with Gasteiger partial charge < -0.3 is 9.80 Å². The Balaban J connectivity index is 1.16. The second-order valence-electron chi connectivity index (χ2n) is 8.48. The minimum Gasteiger partial charge on any atom is -0.360 e. The molecule has 160 valence electrons. The maximum Gasteiger partial charge on any atom is 0.279 e. The van der Waals surface area contributed by atoms with E-state index in [1.54, 1.807) is 11.3 Å². The first-order chi connectivity index (χ1) is 14.6. The van der Waals surface area contributed by atoms with Gasteiger partial charge in [0, 0.05) is 10.6 Å². The molecule has 2 aliphatic rings. The van der Waals surface area contributed by atoms with Gasteiger partial charge in [-0.15, -0.1) is 11.3 Å². The van der Waals surface area contributed by atoms with E-state index in [9.17, 15) is 9.59 Å². The second kappa shape index (κ2) is 9.62. The third-order valence-corrected chi connectivity index (χ3v) is 7.40. The predicted octanol–water partition coefficient (Wildman–Crippen LogP) is 1.43. The van der Waals surface area contributed by atoms with Crippen molar-refractivity contribution in [2.24, 2.45) is 5.92 Å². The summed E-state index contributed by atoms with van der Waals surface area (Å²) in [6, 6.07) is 12.5. The summed E-state index contributed by atoms with van der Waals surface area (Å²) >= 11 is 1.56. The topological polar surface area (TPSA) is 65.9 Å². The number of carbonyl (C=O) groups is 2. The number of hydrogen-bond acceptors (Lipinski definition) is 4. The zero-order valence-corrected chi connectivity index (χ0v) is 18.4. The van der Waals surface area contributed by atoms with Crippen molar-refractivity contribution in [1.29, 1.82) is 0 Å². The molecule has 30 heavy (non-hydrogen) atoms. The van der Waals surface area contributed by atoms with Crippen LogP contribution < -0.4 is 20.7 Å². The number of hydrazine groups is 1. The van der Waals surface area contributed by atoms with Gasteiger partial charge in [0.05, 0.1) is 44.0 Å². The van der Waals surface area contributed by atoms with E-state index < -0.39 is 0 Å². The summed E-state index contributed by atoms with van der Waals surface area (Å²) < 4.78 is 0. The van der Waals surface area contributed by atoms with Crippen LogP contribution in [0.3, 0.4) is 0 Å². The van der Waals surface area contributed by atoms with E-state index in [-0.39, 0.29) is 11.8 Å². The Kier molecular flexibility index (Phi) is 6.69. The van der Waals surface area contributed by atoms with Crippen molar-refractivity contribution in [2.45, 2.75) is 32.6 Å². The minimum absolute atomic E-state index is 0.128. The molecule has 1 fully saturated rings. The number of nitrogens with zero attached hydrogens (tertiary/aromatic N) is 1. The molecule has 2 amide bonds. The molecule has 7 heteroatoms. The molecular weight excluding hydrogens is 396 g/mol. The Bertz CT molecular complexity index is 875. The summed E-state index contributed by atoms with van der Waals surface area (Å²) in [7, 11) is 0. The molecule has 0 radical (unpaired) electrons. The van der Waals surface area contributed by atoms with Gasteiger partial charge >= 0.3 is 0 Å². The normalized spacial score (nSPS) is 19.2. The van der Waals surface area contributed by atoms with Gasteiger partial charge in [0.25, 0.3) is 5.91 Å². The highest BCUT2D eigenvalue weighted by molar-refractivity contribution is 7.14. The maximum atomic E-state index is 12.4. The Morgan fingerprint density at radius 3 is 2.70 bits per heavy atom. The number of para-hydroxylation sites is 1. The Morgan fingerprint density at radius 1 is 1.17 bits per heavy atom. The number of quaternary nitrogens is 1. The van der Waals surface area contributed by atoms with Crippen LogP contribution in [0.25, 0.3) is 0 Å². The zero-order chi connectivity index (χ0) is 20.9. The molecule has 2 heterocycles. The second-order valence-corrected chi connectivity index (χ2v) is 9.62. The number of hydrogen-bond donors (Lipinski definition) is 3. The van der Waals surface area contributed by atoms with Crippen LogP contribution in [0, 0.1) is 5.92 Å². The highest BCUT2D eigenvalue weighted by atomic mass is 32.1. The van der Waals surface area contributed by atoms with Gasteiger partial charge in [-0.2, -0.15) is 0 Å². The molecule has 1 aromatic heterocycles. The molecule has 0 saturated carbocycles. The Hall–Kier alpha value is -2.38. The number of rotatable bonds is 5. The first kappa shape index (κ1) is 20.9. The quantitative estimate of drug-likeness (QED) is 0.633. The summed E-state index contributed by atoms with van der Waals surface area (Å²) in [5, 5.41) is 0. The molecule has 1 aliphatic carbocycles. The van der Waals surface area contributed by atoms with Crippen LogP contribution in [0.1, 0.15) is 39.9 Å². The summed E-state index contributed by atoms with van der Waals surface area (Å²) in [6.07, 6.45) is 3.71. The number of aryl methyl sites for hydroxylation is 1. The third-order valence-electron chi connectivity index (χ3n) is 6.17. The molecule has 3 N–H and O–H groups in total. The number of anilines is 1. The average molecular weight is 428 g/mol. The molecular formula is C23H31N4O2S+. The van der Waals surface area contributed by atoms with Gasteiger partial charge in [-0.1, -0.05) is 25.1 Å². The number of amides is 2. The summed E-state index contributed by atoms with van der Waals surface area (Å²) in [6.45, 7) is 7.08. The molecule has 0 unspecified atom stereocenters. The van der Waals surface area contributed by atoms with Gasteiger partial charge in [-0.25, -0.2) is 0 Å². The van der Waals surface area contributed by atoms with Crippen molar-refractivity contribution in [3.63, 3.8) is 0 Å². The van der Waals surface area contributed by atoms with E-state index in [1.165, 1.54) is 27.4 Å². The van der Waals surface area contributed by atoms with Gasteiger partial charge in [-0.3, -0.25) is 20.4 Å². The lowest BCUT2D eigenvalue weighted by Crippen LogP contribution is -3.15. The summed E-state index contributed by atoms with van der Waals surface area (Å²) in [4.78, 5) is 30.4. The summed E-state index contributed by atoms with van der Waals surface area (Å²) in [5.74, 6) is 0.343. The van der Waals surface area contributed by atoms with Gasteiger partial charge in [0.2, 0.25) is 5.91 Å². The smallest absolute Gasteiger partial charge is 0.279 e. The number of benzene rings is 1. The average Bonchev–Trinajstić information content (AvgIpc) is 3.20. The van der Waals surface area contributed by atoms with Crippen molar-refractivity contribution < 1.29 is 14.5 Å². The molecule has 1 aromatic carbocycles. The van der Waals surface area contributed by atoms with E-state index in [2.05, 4.69) is 46.9 Å². The van der Waals surface area contributed by atoms with Gasteiger partial charge in [0.1, 0.15) is 0 Å². The molecule has 1 atom stereocenters. The Labute approximate surface area is 182 Å². The van der Waals surface area contributed by atoms with E-state index in [1.807, 2.05) is 12.1 Å². The minimum atomic E-state index is -0.209. The largest absolute Gasteiger partial charge is 0.360 e. The fourth-order valence-corrected chi connectivity index (χ4v) is 5.43. The van der Waals surface area contributed by atoms with Crippen molar-refractivity contribution in [3.05, 3.63) is 51.7 Å². The lowest BCUT2D eigenvalue weighted by Gasteiger charge is -2.33. The van der Waals surface area contributed by atoms with Gasteiger partial charge in [-0.05, 0) is 48.9 Å². The summed E-state index contributed by atoms with van der Waals surface area (Å²) in [5.41, 5.74) is 7.74. The molecule has 2 aromatic rings. The fraction of sp³-hybridized carbons (Fsp3) is 0.478. The van der Waals surface area contributed by atoms with E-state index in [4.69, 9.17) is 0 Å². The molecule has 4 rings (SSSR count). The van der Waals surface area contributed by atoms with Crippen LogP contribution in [0.5, 0.6) is 0 Å². The lowest BCUT2D eigenvalue weighted by atomic mass is 9.90. The van der Waals surface area contributed by atoms with Crippen LogP contribution in [0.4, 0.5) is 5.69 Å².